The fourth-order valence-electron chi connectivity index (χ4n) is 5.75. The summed E-state index contributed by atoms with van der Waals surface area (Å²) in [5.74, 6) is -4.17. The van der Waals surface area contributed by atoms with E-state index in [9.17, 15) is 35.9 Å². The molecule has 2 N–H and O–H groups in total. The number of aromatic nitrogens is 2. The molecule has 2 saturated heterocycles. The number of urea groups is 1. The molecule has 6 rings (SSSR count). The third kappa shape index (κ3) is 3.20. The molecular weight excluding hydrogens is 519 g/mol. The SMILES string of the molecule is CC1=C2NC(=O)NC(=O)[C@@]23Cc2cc(-c4noc(C(F)(F)F)n4)cc(F)c2N2C[C@@H](C(F)(F)F)O[C@@H]1[C@@H]23. The predicted octanol–water partition coefficient (Wildman–Crippen LogP) is 3.07. The zero-order valence-corrected chi connectivity index (χ0v) is 18.4. The van der Waals surface area contributed by atoms with Crippen molar-refractivity contribution in [3.05, 3.63) is 40.7 Å². The largest absolute Gasteiger partial charge is 0.471 e. The second-order valence-electron chi connectivity index (χ2n) is 9.19. The molecule has 0 saturated carbocycles. The molecule has 196 valence electrons. The van der Waals surface area contributed by atoms with Crippen molar-refractivity contribution >= 4 is 17.6 Å². The number of nitrogens with one attached hydrogen (secondary N) is 2. The van der Waals surface area contributed by atoms with Gasteiger partial charge in [-0.15, -0.1) is 0 Å². The first kappa shape index (κ1) is 23.7. The Morgan fingerprint density at radius 3 is 2.51 bits per heavy atom. The van der Waals surface area contributed by atoms with Crippen LogP contribution < -0.4 is 15.5 Å². The number of nitrogens with zero attached hydrogens (tertiary/aromatic N) is 3. The van der Waals surface area contributed by atoms with Gasteiger partial charge < -0.3 is 19.5 Å². The smallest absolute Gasteiger partial charge is 0.359 e. The first-order valence-electron chi connectivity index (χ1n) is 10.8. The van der Waals surface area contributed by atoms with Crippen LogP contribution in [0.4, 0.5) is 41.2 Å². The van der Waals surface area contributed by atoms with Gasteiger partial charge in [0.2, 0.25) is 11.7 Å². The highest BCUT2D eigenvalue weighted by atomic mass is 19.4. The topological polar surface area (TPSA) is 110 Å². The van der Waals surface area contributed by atoms with Crippen molar-refractivity contribution in [2.75, 3.05) is 11.4 Å². The van der Waals surface area contributed by atoms with E-state index in [1.165, 1.54) is 13.0 Å². The number of imide groups is 1. The van der Waals surface area contributed by atoms with Crippen LogP contribution in [-0.2, 0) is 22.1 Å². The van der Waals surface area contributed by atoms with Crippen LogP contribution >= 0.6 is 0 Å². The minimum absolute atomic E-state index is 0.00434. The molecule has 0 bridgehead atoms. The van der Waals surface area contributed by atoms with Gasteiger partial charge in [0, 0.05) is 11.3 Å². The van der Waals surface area contributed by atoms with Crippen LogP contribution in [0.5, 0.6) is 0 Å². The fraction of sp³-hybridized carbons (Fsp3) is 0.429. The van der Waals surface area contributed by atoms with Gasteiger partial charge in [0.15, 0.2) is 6.10 Å². The van der Waals surface area contributed by atoms with Gasteiger partial charge in [-0.2, -0.15) is 31.3 Å². The number of halogens is 7. The summed E-state index contributed by atoms with van der Waals surface area (Å²) in [6, 6.07) is -0.0409. The second kappa shape index (κ2) is 7.20. The van der Waals surface area contributed by atoms with E-state index in [4.69, 9.17) is 4.74 Å². The molecule has 1 aromatic heterocycles. The van der Waals surface area contributed by atoms with E-state index in [1.807, 2.05) is 0 Å². The highest BCUT2D eigenvalue weighted by Gasteiger charge is 2.68. The number of hydrogen-bond donors (Lipinski definition) is 2. The monoisotopic (exact) mass is 533 g/mol. The second-order valence-corrected chi connectivity index (χ2v) is 9.19. The van der Waals surface area contributed by atoms with E-state index in [2.05, 4.69) is 25.3 Å². The Labute approximate surface area is 201 Å². The predicted molar refractivity (Wildman–Crippen MR) is 106 cm³/mol. The van der Waals surface area contributed by atoms with Gasteiger partial charge in [-0.05, 0) is 36.6 Å². The molecular formula is C21H14F7N5O4. The van der Waals surface area contributed by atoms with Crippen LogP contribution in [0.15, 0.2) is 27.9 Å². The summed E-state index contributed by atoms with van der Waals surface area (Å²) in [4.78, 5) is 29.7. The van der Waals surface area contributed by atoms with Crippen LogP contribution in [-0.4, -0.2) is 53.0 Å². The minimum Gasteiger partial charge on any atom is -0.359 e. The summed E-state index contributed by atoms with van der Waals surface area (Å²) in [6.45, 7) is 0.554. The molecule has 1 aliphatic carbocycles. The Morgan fingerprint density at radius 1 is 1.14 bits per heavy atom. The Hall–Kier alpha value is -3.69. The third-order valence-corrected chi connectivity index (χ3v) is 7.13. The molecule has 16 heteroatoms. The van der Waals surface area contributed by atoms with Crippen molar-refractivity contribution in [3.8, 4) is 11.4 Å². The lowest BCUT2D eigenvalue weighted by molar-refractivity contribution is -0.237. The van der Waals surface area contributed by atoms with Gasteiger partial charge in [0.05, 0.1) is 18.3 Å². The molecule has 4 aliphatic rings. The number of hydrogen-bond acceptors (Lipinski definition) is 7. The maximum atomic E-state index is 15.5. The first-order chi connectivity index (χ1) is 17.2. The molecule has 0 radical (unpaired) electrons. The van der Waals surface area contributed by atoms with Crippen molar-refractivity contribution in [1.82, 2.24) is 20.8 Å². The number of fused-ring (bicyclic) bond motifs is 2. The molecule has 3 aliphatic heterocycles. The molecule has 4 atom stereocenters. The van der Waals surface area contributed by atoms with E-state index in [0.717, 1.165) is 11.0 Å². The standard InChI is InChI=1S/C21H14F7N5O4/c1-6-12-14-19(13(6)29-18(35)31-16(19)34)4-8-2-7(15-30-17(37-32-15)21(26,27)28)3-9(22)11(8)33(14)5-10(36-12)20(23,24)25/h2-3,10,12,14H,4-5H2,1H3,(H2,29,31,34,35)/t10-,12-,14+,19-/m0/s1. The molecule has 1 aromatic carbocycles. The maximum Gasteiger partial charge on any atom is 0.471 e. The maximum absolute atomic E-state index is 15.5. The van der Waals surface area contributed by atoms with E-state index < -0.39 is 72.0 Å². The van der Waals surface area contributed by atoms with Gasteiger partial charge in [-0.25, -0.2) is 9.18 Å². The average molecular weight is 533 g/mol. The Morgan fingerprint density at radius 2 is 1.86 bits per heavy atom. The number of alkyl halides is 6. The number of carbonyl (C=O) groups excluding carboxylic acids is 2. The molecule has 3 amide bonds. The van der Waals surface area contributed by atoms with Crippen LogP contribution in [0.2, 0.25) is 0 Å². The zero-order chi connectivity index (χ0) is 26.7. The third-order valence-electron chi connectivity index (χ3n) is 7.13. The summed E-state index contributed by atoms with van der Waals surface area (Å²) in [6.07, 6.45) is -13.8. The molecule has 0 unspecified atom stereocenters. The molecule has 1 spiro atoms. The summed E-state index contributed by atoms with van der Waals surface area (Å²) in [5.41, 5.74) is -1.95. The quantitative estimate of drug-likeness (QED) is 0.543. The Bertz CT molecular complexity index is 1400. The molecule has 2 fully saturated rings. The van der Waals surface area contributed by atoms with Crippen LogP contribution in [0, 0.1) is 11.2 Å². The van der Waals surface area contributed by atoms with Crippen molar-refractivity contribution in [2.24, 2.45) is 5.41 Å². The zero-order valence-electron chi connectivity index (χ0n) is 18.4. The lowest BCUT2D eigenvalue weighted by Gasteiger charge is -2.54. The number of benzene rings is 1. The van der Waals surface area contributed by atoms with Crippen molar-refractivity contribution < 1.29 is 49.6 Å². The summed E-state index contributed by atoms with van der Waals surface area (Å²) >= 11 is 0. The van der Waals surface area contributed by atoms with Gasteiger partial charge in [0.1, 0.15) is 17.3 Å². The molecule has 9 nitrogen and oxygen atoms in total. The highest BCUT2D eigenvalue weighted by Crippen LogP contribution is 2.57. The van der Waals surface area contributed by atoms with E-state index in [0.29, 0.717) is 0 Å². The lowest BCUT2D eigenvalue weighted by Crippen LogP contribution is -2.70. The minimum atomic E-state index is -4.96. The molecule has 37 heavy (non-hydrogen) atoms. The van der Waals surface area contributed by atoms with Crippen molar-refractivity contribution in [2.45, 2.75) is 43.9 Å². The number of morpholine rings is 1. The van der Waals surface area contributed by atoms with Gasteiger partial charge in [-0.1, -0.05) is 5.16 Å². The average Bonchev–Trinajstić information content (AvgIpc) is 3.38. The number of anilines is 1. The first-order valence-corrected chi connectivity index (χ1v) is 10.8. The number of amides is 3. The van der Waals surface area contributed by atoms with Gasteiger partial charge in [0.25, 0.3) is 0 Å². The van der Waals surface area contributed by atoms with Crippen molar-refractivity contribution in [3.63, 3.8) is 0 Å². The van der Waals surface area contributed by atoms with E-state index >= 15 is 4.39 Å². The van der Waals surface area contributed by atoms with E-state index in [-0.39, 0.29) is 34.5 Å². The van der Waals surface area contributed by atoms with Crippen molar-refractivity contribution in [1.29, 1.82) is 0 Å². The fourth-order valence-corrected chi connectivity index (χ4v) is 5.75. The normalized spacial score (nSPS) is 29.0. The molecule has 2 aromatic rings. The van der Waals surface area contributed by atoms with Crippen LogP contribution in [0.3, 0.4) is 0 Å². The highest BCUT2D eigenvalue weighted by molar-refractivity contribution is 6.05. The number of carbonyl (C=O) groups is 2. The number of ether oxygens (including phenoxy) is 1. The summed E-state index contributed by atoms with van der Waals surface area (Å²) < 4.78 is 105. The number of rotatable bonds is 1. The Kier molecular flexibility index (Phi) is 4.61. The molecule has 4 heterocycles. The van der Waals surface area contributed by atoms with Crippen LogP contribution in [0.1, 0.15) is 18.4 Å². The Balaban J connectivity index is 1.54. The van der Waals surface area contributed by atoms with Crippen LogP contribution in [0.25, 0.3) is 11.4 Å². The summed E-state index contributed by atoms with van der Waals surface area (Å²) in [5, 5.41) is 7.84. The summed E-state index contributed by atoms with van der Waals surface area (Å²) in [7, 11) is 0. The lowest BCUT2D eigenvalue weighted by atomic mass is 9.69. The van der Waals surface area contributed by atoms with Gasteiger partial charge >= 0.3 is 24.3 Å². The van der Waals surface area contributed by atoms with Gasteiger partial charge in [-0.3, -0.25) is 10.1 Å². The van der Waals surface area contributed by atoms with E-state index in [1.54, 1.807) is 0 Å².